The van der Waals surface area contributed by atoms with Crippen molar-refractivity contribution in [1.29, 1.82) is 0 Å². The lowest BCUT2D eigenvalue weighted by molar-refractivity contribution is -0.146. The molecule has 13 heavy (non-hydrogen) atoms. The van der Waals surface area contributed by atoms with Crippen LogP contribution < -0.4 is 0 Å². The Kier molecular flexibility index (Phi) is 2.86. The molecule has 1 aromatic carbocycles. The summed E-state index contributed by atoms with van der Waals surface area (Å²) in [5.74, 6) is -1.51. The van der Waals surface area contributed by atoms with E-state index in [4.69, 9.17) is 11.6 Å². The van der Waals surface area contributed by atoms with Crippen LogP contribution in [0.2, 0.25) is 5.02 Å². The average Bonchev–Trinajstić information content (AvgIpc) is 2.02. The second kappa shape index (κ2) is 3.58. The molecule has 0 aliphatic rings. The van der Waals surface area contributed by atoms with Crippen molar-refractivity contribution in [1.82, 2.24) is 0 Å². The SMILES string of the molecule is CC(c1ccccc1Cl)C(F)(F)F. The molecule has 0 aliphatic heterocycles. The van der Waals surface area contributed by atoms with Gasteiger partial charge in [-0.15, -0.1) is 0 Å². The van der Waals surface area contributed by atoms with Gasteiger partial charge >= 0.3 is 6.18 Å². The number of halogens is 4. The van der Waals surface area contributed by atoms with Gasteiger partial charge in [-0.3, -0.25) is 0 Å². The van der Waals surface area contributed by atoms with Gasteiger partial charge in [-0.05, 0) is 18.6 Å². The number of hydrogen-bond acceptors (Lipinski definition) is 0. The number of hydrogen-bond donors (Lipinski definition) is 0. The second-order valence-corrected chi connectivity index (χ2v) is 3.19. The van der Waals surface area contributed by atoms with Crippen LogP contribution in [0.3, 0.4) is 0 Å². The van der Waals surface area contributed by atoms with Crippen molar-refractivity contribution in [3.63, 3.8) is 0 Å². The molecule has 0 aromatic heterocycles. The minimum Gasteiger partial charge on any atom is -0.170 e. The van der Waals surface area contributed by atoms with Crippen LogP contribution in [0.4, 0.5) is 13.2 Å². The summed E-state index contributed by atoms with van der Waals surface area (Å²) in [6, 6.07) is 6.00. The molecule has 0 saturated heterocycles. The van der Waals surface area contributed by atoms with Gasteiger partial charge in [0.05, 0.1) is 5.92 Å². The summed E-state index contributed by atoms with van der Waals surface area (Å²) in [6.07, 6.45) is -4.23. The van der Waals surface area contributed by atoms with Gasteiger partial charge in [0.25, 0.3) is 0 Å². The van der Waals surface area contributed by atoms with E-state index in [1.54, 1.807) is 12.1 Å². The molecule has 0 saturated carbocycles. The van der Waals surface area contributed by atoms with Crippen molar-refractivity contribution in [2.75, 3.05) is 0 Å². The highest BCUT2D eigenvalue weighted by Gasteiger charge is 2.37. The summed E-state index contributed by atoms with van der Waals surface area (Å²) >= 11 is 5.63. The summed E-state index contributed by atoms with van der Waals surface area (Å²) in [4.78, 5) is 0. The molecule has 1 aromatic rings. The van der Waals surface area contributed by atoms with Gasteiger partial charge in [0.15, 0.2) is 0 Å². The van der Waals surface area contributed by atoms with Crippen molar-refractivity contribution in [2.24, 2.45) is 0 Å². The zero-order valence-electron chi connectivity index (χ0n) is 6.90. The Morgan fingerprint density at radius 2 is 1.77 bits per heavy atom. The molecule has 1 rings (SSSR count). The van der Waals surface area contributed by atoms with E-state index < -0.39 is 12.1 Å². The Morgan fingerprint density at radius 1 is 1.23 bits per heavy atom. The van der Waals surface area contributed by atoms with Gasteiger partial charge in [-0.1, -0.05) is 29.8 Å². The van der Waals surface area contributed by atoms with E-state index in [0.29, 0.717) is 0 Å². The van der Waals surface area contributed by atoms with Crippen LogP contribution >= 0.6 is 11.6 Å². The molecule has 0 radical (unpaired) electrons. The highest BCUT2D eigenvalue weighted by atomic mass is 35.5. The van der Waals surface area contributed by atoms with Crippen molar-refractivity contribution in [3.8, 4) is 0 Å². The van der Waals surface area contributed by atoms with Crippen LogP contribution in [0, 0.1) is 0 Å². The maximum atomic E-state index is 12.3. The van der Waals surface area contributed by atoms with Crippen LogP contribution in [0.25, 0.3) is 0 Å². The molecule has 1 unspecified atom stereocenters. The lowest BCUT2D eigenvalue weighted by Crippen LogP contribution is -2.17. The first-order valence-corrected chi connectivity index (χ1v) is 4.12. The number of rotatable bonds is 1. The Morgan fingerprint density at radius 3 is 2.23 bits per heavy atom. The smallest absolute Gasteiger partial charge is 0.170 e. The summed E-state index contributed by atoms with van der Waals surface area (Å²) in [5, 5.41) is 0.160. The molecule has 4 heteroatoms. The van der Waals surface area contributed by atoms with E-state index in [9.17, 15) is 13.2 Å². The molecule has 0 heterocycles. The van der Waals surface area contributed by atoms with Gasteiger partial charge in [0.2, 0.25) is 0 Å². The van der Waals surface area contributed by atoms with Crippen molar-refractivity contribution in [3.05, 3.63) is 34.9 Å². The standard InChI is InChI=1S/C9H8ClF3/c1-6(9(11,12)13)7-4-2-3-5-8(7)10/h2-6H,1H3. The predicted octanol–water partition coefficient (Wildman–Crippen LogP) is 4.01. The Balaban J connectivity index is 3.02. The Labute approximate surface area is 79.3 Å². The number of alkyl halides is 3. The van der Waals surface area contributed by atoms with Crippen molar-refractivity contribution in [2.45, 2.75) is 19.0 Å². The van der Waals surface area contributed by atoms with Crippen molar-refractivity contribution < 1.29 is 13.2 Å². The normalized spacial score (nSPS) is 14.2. The van der Waals surface area contributed by atoms with Crippen LogP contribution in [-0.4, -0.2) is 6.18 Å². The fraction of sp³-hybridized carbons (Fsp3) is 0.333. The molecular formula is C9H8ClF3. The maximum absolute atomic E-state index is 12.3. The van der Waals surface area contributed by atoms with Crippen molar-refractivity contribution >= 4 is 11.6 Å². The molecule has 0 bridgehead atoms. The van der Waals surface area contributed by atoms with E-state index >= 15 is 0 Å². The lowest BCUT2D eigenvalue weighted by Gasteiger charge is -2.16. The summed E-state index contributed by atoms with van der Waals surface area (Å²) in [7, 11) is 0. The largest absolute Gasteiger partial charge is 0.395 e. The highest BCUT2D eigenvalue weighted by Crippen LogP contribution is 2.37. The Hall–Kier alpha value is -0.700. The number of benzene rings is 1. The van der Waals surface area contributed by atoms with Gasteiger partial charge in [-0.2, -0.15) is 13.2 Å². The predicted molar refractivity (Wildman–Crippen MR) is 45.9 cm³/mol. The fourth-order valence-corrected chi connectivity index (χ4v) is 1.30. The van der Waals surface area contributed by atoms with E-state index in [-0.39, 0.29) is 10.6 Å². The summed E-state index contributed by atoms with van der Waals surface area (Å²) in [6.45, 7) is 1.10. The van der Waals surface area contributed by atoms with Crippen LogP contribution in [0.15, 0.2) is 24.3 Å². The van der Waals surface area contributed by atoms with Gasteiger partial charge in [-0.25, -0.2) is 0 Å². The summed E-state index contributed by atoms with van der Waals surface area (Å²) in [5.41, 5.74) is 0.122. The molecular weight excluding hydrogens is 201 g/mol. The van der Waals surface area contributed by atoms with E-state index in [1.807, 2.05) is 0 Å². The maximum Gasteiger partial charge on any atom is 0.395 e. The van der Waals surface area contributed by atoms with E-state index in [0.717, 1.165) is 6.92 Å². The molecule has 0 spiro atoms. The van der Waals surface area contributed by atoms with Crippen LogP contribution in [0.5, 0.6) is 0 Å². The van der Waals surface area contributed by atoms with Gasteiger partial charge < -0.3 is 0 Å². The minimum absolute atomic E-state index is 0.122. The van der Waals surface area contributed by atoms with E-state index in [2.05, 4.69) is 0 Å². The van der Waals surface area contributed by atoms with Gasteiger partial charge in [0.1, 0.15) is 0 Å². The quantitative estimate of drug-likeness (QED) is 0.654. The first kappa shape index (κ1) is 10.4. The van der Waals surface area contributed by atoms with Gasteiger partial charge in [0, 0.05) is 5.02 Å². The molecule has 1 atom stereocenters. The average molecular weight is 209 g/mol. The first-order chi connectivity index (χ1) is 5.93. The second-order valence-electron chi connectivity index (χ2n) is 2.78. The monoisotopic (exact) mass is 208 g/mol. The molecule has 72 valence electrons. The minimum atomic E-state index is -4.23. The molecule has 0 aliphatic carbocycles. The zero-order chi connectivity index (χ0) is 10.1. The van der Waals surface area contributed by atoms with E-state index in [1.165, 1.54) is 12.1 Å². The first-order valence-electron chi connectivity index (χ1n) is 3.74. The third kappa shape index (κ3) is 2.37. The lowest BCUT2D eigenvalue weighted by atomic mass is 10.0. The fourth-order valence-electron chi connectivity index (χ4n) is 1.00. The highest BCUT2D eigenvalue weighted by molar-refractivity contribution is 6.31. The third-order valence-electron chi connectivity index (χ3n) is 1.86. The summed E-state index contributed by atoms with van der Waals surface area (Å²) < 4.78 is 36.8. The zero-order valence-corrected chi connectivity index (χ0v) is 7.65. The van der Waals surface area contributed by atoms with Crippen LogP contribution in [0.1, 0.15) is 18.4 Å². The molecule has 0 nitrogen and oxygen atoms in total. The molecule has 0 amide bonds. The molecule has 0 N–H and O–H groups in total. The topological polar surface area (TPSA) is 0 Å². The Bertz CT molecular complexity index is 293. The molecule has 0 fully saturated rings. The third-order valence-corrected chi connectivity index (χ3v) is 2.21. The van der Waals surface area contributed by atoms with Crippen LogP contribution in [-0.2, 0) is 0 Å².